The Labute approximate surface area is 187 Å². The van der Waals surface area contributed by atoms with E-state index in [1.54, 1.807) is 12.1 Å². The summed E-state index contributed by atoms with van der Waals surface area (Å²) in [5.41, 5.74) is 2.78. The van der Waals surface area contributed by atoms with E-state index in [2.05, 4.69) is 45.0 Å². The van der Waals surface area contributed by atoms with Crippen LogP contribution in [0.2, 0.25) is 5.02 Å². The van der Waals surface area contributed by atoms with Crippen molar-refractivity contribution < 1.29 is 13.0 Å². The first-order valence-electron chi connectivity index (χ1n) is 10.4. The summed E-state index contributed by atoms with van der Waals surface area (Å²) in [6, 6.07) is 15.2. The lowest BCUT2D eigenvalue weighted by Gasteiger charge is -2.51. The number of rotatable bonds is 6. The van der Waals surface area contributed by atoms with Crippen LogP contribution in [-0.4, -0.2) is 38.0 Å². The molecule has 0 aliphatic heterocycles. The Hall–Kier alpha value is -1.40. The van der Waals surface area contributed by atoms with Gasteiger partial charge in [-0.3, -0.25) is 4.55 Å². The SMILES string of the molecule is CC(C)CC(N(C)C)C1(c2ccc(Cl)cc2)CCC1.Cc1ccc(S(=O)(=O)O)cc1. The van der Waals surface area contributed by atoms with Crippen molar-refractivity contribution in [2.45, 2.75) is 62.8 Å². The molecule has 2 aromatic carbocycles. The van der Waals surface area contributed by atoms with E-state index in [0.717, 1.165) is 16.5 Å². The van der Waals surface area contributed by atoms with Crippen molar-refractivity contribution in [2.75, 3.05) is 14.1 Å². The van der Waals surface area contributed by atoms with E-state index >= 15 is 0 Å². The molecule has 2 aromatic rings. The second-order valence-electron chi connectivity index (χ2n) is 8.91. The smallest absolute Gasteiger partial charge is 0.294 e. The highest BCUT2D eigenvalue weighted by atomic mass is 35.5. The van der Waals surface area contributed by atoms with Crippen LogP contribution < -0.4 is 0 Å². The molecule has 1 unspecified atom stereocenters. The summed E-state index contributed by atoms with van der Waals surface area (Å²) in [6.45, 7) is 6.49. The molecule has 0 amide bonds. The van der Waals surface area contributed by atoms with E-state index < -0.39 is 10.1 Å². The first-order valence-corrected chi connectivity index (χ1v) is 12.2. The zero-order valence-corrected chi connectivity index (χ0v) is 20.2. The summed E-state index contributed by atoms with van der Waals surface area (Å²) in [7, 11) is 0.431. The highest BCUT2D eigenvalue weighted by Gasteiger charge is 2.46. The van der Waals surface area contributed by atoms with Crippen LogP contribution in [0.3, 0.4) is 0 Å². The second-order valence-corrected chi connectivity index (χ2v) is 10.8. The topological polar surface area (TPSA) is 57.6 Å². The molecule has 30 heavy (non-hydrogen) atoms. The van der Waals surface area contributed by atoms with Crippen LogP contribution in [-0.2, 0) is 15.5 Å². The molecule has 0 heterocycles. The van der Waals surface area contributed by atoms with Crippen molar-refractivity contribution in [1.82, 2.24) is 4.90 Å². The monoisotopic (exact) mass is 451 g/mol. The van der Waals surface area contributed by atoms with Gasteiger partial charge in [-0.25, -0.2) is 0 Å². The second kappa shape index (κ2) is 10.3. The number of nitrogens with zero attached hydrogens (tertiary/aromatic N) is 1. The van der Waals surface area contributed by atoms with Gasteiger partial charge in [0.1, 0.15) is 0 Å². The summed E-state index contributed by atoms with van der Waals surface area (Å²) in [4.78, 5) is 2.36. The lowest BCUT2D eigenvalue weighted by atomic mass is 9.58. The first kappa shape index (κ1) is 24.9. The fourth-order valence-electron chi connectivity index (χ4n) is 4.24. The van der Waals surface area contributed by atoms with Gasteiger partial charge in [-0.05, 0) is 76.0 Å². The van der Waals surface area contributed by atoms with Crippen molar-refractivity contribution in [1.29, 1.82) is 0 Å². The maximum atomic E-state index is 10.5. The molecule has 1 aliphatic rings. The Morgan fingerprint density at radius 2 is 1.57 bits per heavy atom. The molecule has 166 valence electrons. The van der Waals surface area contributed by atoms with Crippen molar-refractivity contribution in [3.8, 4) is 0 Å². The van der Waals surface area contributed by atoms with Crippen LogP contribution in [0.1, 0.15) is 50.7 Å². The summed E-state index contributed by atoms with van der Waals surface area (Å²) >= 11 is 6.04. The molecule has 4 nitrogen and oxygen atoms in total. The maximum Gasteiger partial charge on any atom is 0.294 e. The van der Waals surface area contributed by atoms with Crippen LogP contribution in [0.4, 0.5) is 0 Å². The van der Waals surface area contributed by atoms with Gasteiger partial charge in [0, 0.05) is 16.5 Å². The minimum absolute atomic E-state index is 0.0666. The molecule has 1 aliphatic carbocycles. The van der Waals surface area contributed by atoms with Crippen LogP contribution in [0.5, 0.6) is 0 Å². The van der Waals surface area contributed by atoms with E-state index in [9.17, 15) is 8.42 Å². The van der Waals surface area contributed by atoms with Gasteiger partial charge in [0.15, 0.2) is 0 Å². The molecule has 0 radical (unpaired) electrons. The number of likely N-dealkylation sites (N-methyl/N-ethyl adjacent to an activating group) is 1. The highest BCUT2D eigenvalue weighted by Crippen LogP contribution is 2.49. The van der Waals surface area contributed by atoms with Gasteiger partial charge >= 0.3 is 0 Å². The van der Waals surface area contributed by atoms with Gasteiger partial charge in [0.2, 0.25) is 0 Å². The quantitative estimate of drug-likeness (QED) is 0.549. The Kier molecular flexibility index (Phi) is 8.51. The van der Waals surface area contributed by atoms with E-state index in [1.165, 1.54) is 43.4 Å². The van der Waals surface area contributed by atoms with E-state index in [1.807, 2.05) is 19.1 Å². The molecule has 0 saturated heterocycles. The average Bonchev–Trinajstić information content (AvgIpc) is 2.61. The molecule has 6 heteroatoms. The van der Waals surface area contributed by atoms with Gasteiger partial charge < -0.3 is 4.90 Å². The third-order valence-electron chi connectivity index (χ3n) is 5.94. The zero-order chi connectivity index (χ0) is 22.5. The molecular weight excluding hydrogens is 418 g/mol. The maximum absolute atomic E-state index is 10.5. The minimum Gasteiger partial charge on any atom is -0.306 e. The third-order valence-corrected chi connectivity index (χ3v) is 7.06. The van der Waals surface area contributed by atoms with Crippen molar-refractivity contribution in [2.24, 2.45) is 5.92 Å². The fourth-order valence-corrected chi connectivity index (χ4v) is 4.85. The third kappa shape index (κ3) is 6.30. The first-order chi connectivity index (χ1) is 14.0. The number of hydrogen-bond donors (Lipinski definition) is 1. The predicted molar refractivity (Wildman–Crippen MR) is 125 cm³/mol. The molecule has 1 N–H and O–H groups in total. The largest absolute Gasteiger partial charge is 0.306 e. The highest BCUT2D eigenvalue weighted by molar-refractivity contribution is 7.85. The molecule has 1 atom stereocenters. The fraction of sp³-hybridized carbons (Fsp3) is 0.500. The molecule has 3 rings (SSSR count). The number of benzene rings is 2. The lowest BCUT2D eigenvalue weighted by molar-refractivity contribution is 0.0808. The molecule has 0 aromatic heterocycles. The van der Waals surface area contributed by atoms with Gasteiger partial charge in [0.05, 0.1) is 4.90 Å². The Bertz CT molecular complexity index is 902. The zero-order valence-electron chi connectivity index (χ0n) is 18.6. The van der Waals surface area contributed by atoms with Gasteiger partial charge in [-0.2, -0.15) is 8.42 Å². The normalized spacial score (nSPS) is 16.6. The summed E-state index contributed by atoms with van der Waals surface area (Å²) in [6.07, 6.45) is 5.23. The Balaban J connectivity index is 0.000000248. The van der Waals surface area contributed by atoms with E-state index in [0.29, 0.717) is 11.5 Å². The van der Waals surface area contributed by atoms with Gasteiger partial charge in [-0.15, -0.1) is 0 Å². The Morgan fingerprint density at radius 1 is 1.03 bits per heavy atom. The van der Waals surface area contributed by atoms with Gasteiger partial charge in [-0.1, -0.05) is 61.7 Å². The van der Waals surface area contributed by atoms with Crippen molar-refractivity contribution >= 4 is 21.7 Å². The lowest BCUT2D eigenvalue weighted by Crippen LogP contribution is -2.52. The molecular formula is C24H34ClNO3S. The summed E-state index contributed by atoms with van der Waals surface area (Å²) in [5, 5.41) is 0.837. The Morgan fingerprint density at radius 3 is 1.93 bits per heavy atom. The van der Waals surface area contributed by atoms with Gasteiger partial charge in [0.25, 0.3) is 10.1 Å². The molecule has 1 saturated carbocycles. The van der Waals surface area contributed by atoms with Crippen molar-refractivity contribution in [3.63, 3.8) is 0 Å². The number of hydrogen-bond acceptors (Lipinski definition) is 3. The van der Waals surface area contributed by atoms with E-state index in [4.69, 9.17) is 16.2 Å². The molecule has 0 spiro atoms. The standard InChI is InChI=1S/C17H26ClN.C7H8O3S/c1-13(2)12-16(19(3)4)17(10-5-11-17)14-6-8-15(18)9-7-14;1-6-2-4-7(5-3-6)11(8,9)10/h6-9,13,16H,5,10-12H2,1-4H3;2-5H,1H3,(H,8,9,10). The predicted octanol–water partition coefficient (Wildman–Crippen LogP) is 5.98. The van der Waals surface area contributed by atoms with Crippen LogP contribution in [0.25, 0.3) is 0 Å². The van der Waals surface area contributed by atoms with Crippen LogP contribution >= 0.6 is 11.6 Å². The number of halogens is 1. The summed E-state index contributed by atoms with van der Waals surface area (Å²) < 4.78 is 29.6. The van der Waals surface area contributed by atoms with Crippen LogP contribution in [0.15, 0.2) is 53.4 Å². The van der Waals surface area contributed by atoms with E-state index in [-0.39, 0.29) is 4.90 Å². The number of aryl methyl sites for hydroxylation is 1. The minimum atomic E-state index is -4.02. The van der Waals surface area contributed by atoms with Crippen molar-refractivity contribution in [3.05, 3.63) is 64.7 Å². The molecule has 0 bridgehead atoms. The molecule has 1 fully saturated rings. The van der Waals surface area contributed by atoms with Crippen LogP contribution in [0, 0.1) is 12.8 Å². The summed E-state index contributed by atoms with van der Waals surface area (Å²) in [5.74, 6) is 0.733. The average molecular weight is 452 g/mol.